The highest BCUT2D eigenvalue weighted by Gasteiger charge is 2.09. The second kappa shape index (κ2) is 5.28. The maximum atomic E-state index is 5.69. The molecule has 0 radical (unpaired) electrons. The second-order valence-electron chi connectivity index (χ2n) is 2.35. The fourth-order valence-electron chi connectivity index (χ4n) is 0.660. The van der Waals surface area contributed by atoms with E-state index in [2.05, 4.69) is 5.92 Å². The quantitative estimate of drug-likeness (QED) is 0.587. The molecular weight excluding hydrogens is 126 g/mol. The number of terminal acetylenes is 1. The van der Waals surface area contributed by atoms with Crippen LogP contribution < -0.4 is 5.73 Å². The van der Waals surface area contributed by atoms with E-state index in [1.54, 1.807) is 7.11 Å². The molecule has 58 valence electrons. The first kappa shape index (κ1) is 9.48. The van der Waals surface area contributed by atoms with Crippen LogP contribution in [-0.4, -0.2) is 19.3 Å². The molecule has 2 nitrogen and oxygen atoms in total. The van der Waals surface area contributed by atoms with Crippen LogP contribution in [-0.2, 0) is 4.74 Å². The van der Waals surface area contributed by atoms with E-state index in [4.69, 9.17) is 16.9 Å². The fourth-order valence-corrected chi connectivity index (χ4v) is 0.660. The maximum absolute atomic E-state index is 5.69. The van der Waals surface area contributed by atoms with Gasteiger partial charge in [-0.15, -0.1) is 12.3 Å². The lowest BCUT2D eigenvalue weighted by molar-refractivity contribution is 0.0934. The van der Waals surface area contributed by atoms with E-state index >= 15 is 0 Å². The van der Waals surface area contributed by atoms with E-state index in [9.17, 15) is 0 Å². The van der Waals surface area contributed by atoms with Crippen molar-refractivity contribution in [3.8, 4) is 12.3 Å². The minimum Gasteiger partial charge on any atom is -0.380 e. The van der Waals surface area contributed by atoms with Gasteiger partial charge in [0.15, 0.2) is 0 Å². The van der Waals surface area contributed by atoms with Gasteiger partial charge in [0, 0.05) is 19.6 Å². The van der Waals surface area contributed by atoms with Crippen molar-refractivity contribution in [2.45, 2.75) is 31.9 Å². The lowest BCUT2D eigenvalue weighted by atomic mass is 10.1. The number of hydrogen-bond acceptors (Lipinski definition) is 2. The van der Waals surface area contributed by atoms with E-state index < -0.39 is 0 Å². The smallest absolute Gasteiger partial charge is 0.0694 e. The van der Waals surface area contributed by atoms with Crippen LogP contribution in [0.15, 0.2) is 0 Å². The van der Waals surface area contributed by atoms with Crippen molar-refractivity contribution in [2.75, 3.05) is 7.11 Å². The highest BCUT2D eigenvalue weighted by atomic mass is 16.5. The number of nitrogens with two attached hydrogens (primary N) is 1. The van der Waals surface area contributed by atoms with Gasteiger partial charge >= 0.3 is 0 Å². The molecule has 0 bridgehead atoms. The van der Waals surface area contributed by atoms with Gasteiger partial charge in [-0.05, 0) is 13.3 Å². The van der Waals surface area contributed by atoms with Crippen molar-refractivity contribution in [2.24, 2.45) is 5.73 Å². The Kier molecular flexibility index (Phi) is 5.00. The zero-order valence-corrected chi connectivity index (χ0v) is 6.63. The Hall–Kier alpha value is -0.520. The third-order valence-electron chi connectivity index (χ3n) is 1.60. The molecule has 0 spiro atoms. The van der Waals surface area contributed by atoms with Crippen molar-refractivity contribution in [3.05, 3.63) is 0 Å². The van der Waals surface area contributed by atoms with Crippen LogP contribution in [0, 0.1) is 12.3 Å². The summed E-state index contributed by atoms with van der Waals surface area (Å²) in [7, 11) is 1.65. The van der Waals surface area contributed by atoms with E-state index in [0.717, 1.165) is 12.8 Å². The van der Waals surface area contributed by atoms with E-state index in [0.29, 0.717) is 0 Å². The molecule has 2 atom stereocenters. The Morgan fingerprint density at radius 1 is 1.70 bits per heavy atom. The van der Waals surface area contributed by atoms with E-state index in [1.165, 1.54) is 0 Å². The summed E-state index contributed by atoms with van der Waals surface area (Å²) < 4.78 is 5.02. The van der Waals surface area contributed by atoms with Gasteiger partial charge < -0.3 is 10.5 Å². The van der Waals surface area contributed by atoms with Crippen molar-refractivity contribution >= 4 is 0 Å². The highest BCUT2D eigenvalue weighted by molar-refractivity contribution is 4.86. The Balaban J connectivity index is 3.43. The Morgan fingerprint density at radius 2 is 2.30 bits per heavy atom. The number of hydrogen-bond donors (Lipinski definition) is 1. The summed E-state index contributed by atoms with van der Waals surface area (Å²) in [6.07, 6.45) is 6.75. The minimum atomic E-state index is 0.0704. The third-order valence-corrected chi connectivity index (χ3v) is 1.60. The predicted octanol–water partition coefficient (Wildman–Crippen LogP) is 0.762. The number of rotatable bonds is 4. The molecule has 0 rings (SSSR count). The SMILES string of the molecule is C#CCCC(N)C(C)OC. The van der Waals surface area contributed by atoms with Gasteiger partial charge in [-0.3, -0.25) is 0 Å². The molecule has 2 heteroatoms. The monoisotopic (exact) mass is 141 g/mol. The van der Waals surface area contributed by atoms with Gasteiger partial charge in [-0.1, -0.05) is 0 Å². The first-order valence-corrected chi connectivity index (χ1v) is 3.44. The van der Waals surface area contributed by atoms with Gasteiger partial charge in [-0.2, -0.15) is 0 Å². The summed E-state index contributed by atoms with van der Waals surface area (Å²) in [6, 6.07) is 0.0704. The first-order chi connectivity index (χ1) is 4.72. The standard InChI is InChI=1S/C8H15NO/c1-4-5-6-8(9)7(2)10-3/h1,7-8H,5-6,9H2,2-3H3. The fraction of sp³-hybridized carbons (Fsp3) is 0.750. The lowest BCUT2D eigenvalue weighted by Crippen LogP contribution is -2.33. The van der Waals surface area contributed by atoms with Crippen molar-refractivity contribution in [1.82, 2.24) is 0 Å². The molecule has 0 aliphatic heterocycles. The molecule has 0 aliphatic rings. The summed E-state index contributed by atoms with van der Waals surface area (Å²) in [5.74, 6) is 2.54. The van der Waals surface area contributed by atoms with Crippen molar-refractivity contribution in [3.63, 3.8) is 0 Å². The van der Waals surface area contributed by atoms with Crippen LogP contribution in [0.3, 0.4) is 0 Å². The topological polar surface area (TPSA) is 35.2 Å². The summed E-state index contributed by atoms with van der Waals surface area (Å²) in [5, 5.41) is 0. The maximum Gasteiger partial charge on any atom is 0.0694 e. The molecule has 0 aromatic carbocycles. The van der Waals surface area contributed by atoms with Crippen LogP contribution in [0.4, 0.5) is 0 Å². The Morgan fingerprint density at radius 3 is 2.70 bits per heavy atom. The molecule has 0 heterocycles. The van der Waals surface area contributed by atoms with Crippen LogP contribution >= 0.6 is 0 Å². The molecule has 0 saturated heterocycles. The summed E-state index contributed by atoms with van der Waals surface area (Å²) in [4.78, 5) is 0. The Labute approximate surface area is 62.7 Å². The van der Waals surface area contributed by atoms with E-state index in [-0.39, 0.29) is 12.1 Å². The lowest BCUT2D eigenvalue weighted by Gasteiger charge is -2.16. The van der Waals surface area contributed by atoms with Crippen molar-refractivity contribution < 1.29 is 4.74 Å². The molecule has 0 aromatic rings. The molecule has 2 unspecified atom stereocenters. The Bertz CT molecular complexity index is 117. The summed E-state index contributed by atoms with van der Waals surface area (Å²) in [5.41, 5.74) is 5.69. The number of ether oxygens (including phenoxy) is 1. The van der Waals surface area contributed by atoms with Crippen LogP contribution in [0.25, 0.3) is 0 Å². The van der Waals surface area contributed by atoms with E-state index in [1.807, 2.05) is 6.92 Å². The zero-order valence-electron chi connectivity index (χ0n) is 6.63. The van der Waals surface area contributed by atoms with Crippen LogP contribution in [0.5, 0.6) is 0 Å². The highest BCUT2D eigenvalue weighted by Crippen LogP contribution is 2.00. The molecule has 0 aromatic heterocycles. The molecule has 2 N–H and O–H groups in total. The molecule has 0 aliphatic carbocycles. The van der Waals surface area contributed by atoms with Gasteiger partial charge in [0.05, 0.1) is 6.10 Å². The van der Waals surface area contributed by atoms with Gasteiger partial charge in [0.2, 0.25) is 0 Å². The van der Waals surface area contributed by atoms with Gasteiger partial charge in [-0.25, -0.2) is 0 Å². The number of methoxy groups -OCH3 is 1. The molecule has 10 heavy (non-hydrogen) atoms. The van der Waals surface area contributed by atoms with Gasteiger partial charge in [0.1, 0.15) is 0 Å². The normalized spacial score (nSPS) is 15.8. The van der Waals surface area contributed by atoms with Crippen molar-refractivity contribution in [1.29, 1.82) is 0 Å². The average Bonchev–Trinajstić information content (AvgIpc) is 1.98. The van der Waals surface area contributed by atoms with Gasteiger partial charge in [0.25, 0.3) is 0 Å². The largest absolute Gasteiger partial charge is 0.380 e. The molecule has 0 saturated carbocycles. The third kappa shape index (κ3) is 3.49. The minimum absolute atomic E-state index is 0.0704. The first-order valence-electron chi connectivity index (χ1n) is 3.44. The van der Waals surface area contributed by atoms with Crippen LogP contribution in [0.1, 0.15) is 19.8 Å². The average molecular weight is 141 g/mol. The summed E-state index contributed by atoms with van der Waals surface area (Å²) >= 11 is 0. The molecule has 0 fully saturated rings. The molecule has 0 amide bonds. The predicted molar refractivity (Wildman–Crippen MR) is 42.5 cm³/mol. The van der Waals surface area contributed by atoms with Crippen LogP contribution in [0.2, 0.25) is 0 Å². The molecular formula is C8H15NO. The summed E-state index contributed by atoms with van der Waals surface area (Å²) in [6.45, 7) is 1.95. The second-order valence-corrected chi connectivity index (χ2v) is 2.35. The zero-order chi connectivity index (χ0) is 7.98.